The predicted octanol–water partition coefficient (Wildman–Crippen LogP) is 7.74. The third-order valence-electron chi connectivity index (χ3n) is 5.91. The Morgan fingerprint density at radius 3 is 0.675 bits per heavy atom. The first-order chi connectivity index (χ1) is 16.8. The predicted molar refractivity (Wildman–Crippen MR) is 159 cm³/mol. The average molecular weight is 825 g/mol. The molecule has 0 atom stereocenters. The molecule has 238 valence electrons. The van der Waals surface area contributed by atoms with Crippen molar-refractivity contribution in [3.8, 4) is 0 Å². The van der Waals surface area contributed by atoms with Crippen molar-refractivity contribution < 1.29 is 68.4 Å². The van der Waals surface area contributed by atoms with Gasteiger partial charge in [0.2, 0.25) is 0 Å². The molecule has 11 radical (unpaired) electrons. The van der Waals surface area contributed by atoms with Crippen LogP contribution in [0, 0.1) is 59.2 Å². The number of halogens is 4. The van der Waals surface area contributed by atoms with Crippen LogP contribution >= 0.6 is 9.69 Å². The van der Waals surface area contributed by atoms with Crippen LogP contribution in [0.15, 0.2) is 0 Å². The molecule has 0 heterocycles. The van der Waals surface area contributed by atoms with Gasteiger partial charge in [0.05, 0.1) is 0 Å². The second-order valence-electron chi connectivity index (χ2n) is 9.25. The van der Waals surface area contributed by atoms with Crippen LogP contribution in [0.1, 0.15) is 96.9 Å². The summed E-state index contributed by atoms with van der Waals surface area (Å²) < 4.78 is 58.9. The van der Waals surface area contributed by atoms with Crippen molar-refractivity contribution in [2.45, 2.75) is 113 Å². The van der Waals surface area contributed by atoms with Crippen LogP contribution in [0.25, 0.3) is 0 Å². The molecule has 4 nitrogen and oxygen atoms in total. The van der Waals surface area contributed by atoms with E-state index in [1.165, 1.54) is 59.2 Å². The molecule has 13 heteroatoms. The molecule has 0 bridgehead atoms. The zero-order chi connectivity index (χ0) is 31.9. The van der Waals surface area contributed by atoms with Crippen molar-refractivity contribution in [3.63, 3.8) is 0 Å². The molecule has 2 saturated carbocycles. The van der Waals surface area contributed by atoms with E-state index < -0.39 is 15.6 Å². The van der Waals surface area contributed by atoms with E-state index in [9.17, 15) is 13.2 Å². The van der Waals surface area contributed by atoms with Crippen LogP contribution in [-0.2, 0) is 72.2 Å². The standard InChI is InChI=1S/2C10H15.2C3H8S.CHF3O3S.ClH.H2O.2Ru/c2*1-6-7(2)9(4)10(5)8(6)3;2*1-3(2)4;2-1(3,4)8(5,6)7;;;;/h2*1-5H3;2*3-4H,1-2H3;(H,5,6,7);1H;1H2;;/q;;;;;;;2*+3/p-4. The summed E-state index contributed by atoms with van der Waals surface area (Å²) in [6.45, 7) is 29.9. The summed E-state index contributed by atoms with van der Waals surface area (Å²) in [5.74, 6) is 14.7. The van der Waals surface area contributed by atoms with Gasteiger partial charge in [-0.25, -0.2) is 8.42 Å². The summed E-state index contributed by atoms with van der Waals surface area (Å²) in [4.78, 5) is 0. The molecular weight excluding hydrogens is 779 g/mol. The minimum Gasteiger partial charge on any atom is 3.00 e. The third-order valence-corrected chi connectivity index (χ3v) is 6.48. The molecule has 2 aliphatic carbocycles. The molecule has 0 saturated heterocycles. The second kappa shape index (κ2) is 26.1. The van der Waals surface area contributed by atoms with Crippen LogP contribution in [-0.4, -0.2) is 34.5 Å². The Kier molecular flexibility index (Phi) is 35.5. The first-order valence-electron chi connectivity index (χ1n) is 11.7. The van der Waals surface area contributed by atoms with Gasteiger partial charge in [-0.05, 0) is 59.2 Å². The van der Waals surface area contributed by atoms with Gasteiger partial charge in [0.25, 0.3) is 0 Å². The minimum absolute atomic E-state index is 0. The number of rotatable bonds is 0. The molecule has 2 aliphatic rings. The zero-order valence-corrected chi connectivity index (χ0v) is 32.5. The molecule has 0 aromatic carbocycles. The van der Waals surface area contributed by atoms with Crippen LogP contribution in [0.2, 0.25) is 0 Å². The number of hydrogen-bond donors (Lipinski definition) is 0. The summed E-state index contributed by atoms with van der Waals surface area (Å²) >= 11 is 11.1. The Balaban J connectivity index is -0.0000000917. The van der Waals surface area contributed by atoms with Gasteiger partial charge in [0.15, 0.2) is 10.1 Å². The van der Waals surface area contributed by atoms with E-state index in [-0.39, 0.29) is 25.0 Å². The first kappa shape index (κ1) is 54.4. The molecular formula is C27H46ClF3O4Ru2S3+2. The topological polar surface area (TPSA) is 88.7 Å². The van der Waals surface area contributed by atoms with Crippen molar-refractivity contribution in [2.24, 2.45) is 0 Å². The Labute approximate surface area is 283 Å². The summed E-state index contributed by atoms with van der Waals surface area (Å²) in [7, 11) is -1.52. The van der Waals surface area contributed by atoms with Crippen molar-refractivity contribution in [1.82, 2.24) is 0 Å². The quantitative estimate of drug-likeness (QED) is 0.108. The van der Waals surface area contributed by atoms with Crippen LogP contribution in [0.5, 0.6) is 0 Å². The average Bonchev–Trinajstić information content (AvgIpc) is 3.04. The van der Waals surface area contributed by atoms with E-state index in [0.717, 1.165) is 0 Å². The Morgan fingerprint density at radius 2 is 0.650 bits per heavy atom. The number of alkyl halides is 3. The van der Waals surface area contributed by atoms with Gasteiger partial charge in [0.1, 0.15) is 0 Å². The maximum absolute atomic E-state index is 10.7. The van der Waals surface area contributed by atoms with E-state index in [1.807, 2.05) is 45.0 Å². The minimum atomic E-state index is -6.09. The molecule has 0 amide bonds. The molecule has 0 aliphatic heterocycles. The van der Waals surface area contributed by atoms with Gasteiger partial charge >= 0.3 is 52.0 Å². The Morgan fingerprint density at radius 1 is 0.600 bits per heavy atom. The van der Waals surface area contributed by atoms with Crippen molar-refractivity contribution in [3.05, 3.63) is 59.2 Å². The summed E-state index contributed by atoms with van der Waals surface area (Å²) in [6, 6.07) is 0. The van der Waals surface area contributed by atoms with E-state index >= 15 is 0 Å². The second-order valence-corrected chi connectivity index (χ2v) is 12.5. The van der Waals surface area contributed by atoms with Gasteiger partial charge in [-0.3, -0.25) is 0 Å². The third kappa shape index (κ3) is 23.3. The largest absolute Gasteiger partial charge is 3.00 e. The Bertz CT molecular complexity index is 559. The molecule has 2 rings (SSSR count). The first-order valence-corrected chi connectivity index (χ1v) is 16.3. The van der Waals surface area contributed by atoms with Crippen LogP contribution in [0.3, 0.4) is 0 Å². The van der Waals surface area contributed by atoms with Gasteiger partial charge < -0.3 is 35.3 Å². The zero-order valence-electron chi connectivity index (χ0n) is 25.8. The van der Waals surface area contributed by atoms with Gasteiger partial charge in [-0.15, -0.1) is 0 Å². The Hall–Kier alpha value is 1.90. The maximum atomic E-state index is 10.7. The van der Waals surface area contributed by atoms with Crippen molar-refractivity contribution in [2.75, 3.05) is 0 Å². The molecule has 2 N–H and O–H groups in total. The van der Waals surface area contributed by atoms with E-state index in [2.05, 4.69) is 104 Å². The molecule has 0 aromatic rings. The summed E-state index contributed by atoms with van der Waals surface area (Å²) in [5.41, 5.74) is -5.65. The van der Waals surface area contributed by atoms with E-state index in [1.54, 1.807) is 0 Å². The summed E-state index contributed by atoms with van der Waals surface area (Å²) in [6.07, 6.45) is 0. The van der Waals surface area contributed by atoms with Crippen molar-refractivity contribution in [1.29, 1.82) is 0 Å². The van der Waals surface area contributed by atoms with Crippen molar-refractivity contribution >= 4 is 45.1 Å². The van der Waals surface area contributed by atoms with Crippen LogP contribution < -0.4 is 0 Å². The van der Waals surface area contributed by atoms with E-state index in [4.69, 9.17) is 13.0 Å². The normalized spacial score (nSPS) is 19.0. The fourth-order valence-electron chi connectivity index (χ4n) is 2.81. The number of hydrogen-bond acceptors (Lipinski definition) is 5. The fourth-order valence-corrected chi connectivity index (χ4v) is 2.81. The van der Waals surface area contributed by atoms with E-state index in [0.29, 0.717) is 10.5 Å². The van der Waals surface area contributed by atoms with Gasteiger partial charge in [-0.1, -0.05) is 96.9 Å². The van der Waals surface area contributed by atoms with Crippen LogP contribution in [0.4, 0.5) is 13.2 Å². The monoisotopic (exact) mass is 826 g/mol. The molecule has 2 fully saturated rings. The fraction of sp³-hybridized carbons (Fsp3) is 0.630. The maximum Gasteiger partial charge on any atom is 3.00 e. The molecule has 0 spiro atoms. The summed E-state index contributed by atoms with van der Waals surface area (Å²) in [5, 5.41) is 0.833. The molecule has 0 aromatic heterocycles. The molecule has 40 heavy (non-hydrogen) atoms. The molecule has 0 unspecified atom stereocenters. The van der Waals surface area contributed by atoms with Gasteiger partial charge in [0, 0.05) is 0 Å². The SMILES string of the molecule is CC(C)[S-].CC(C)[S-].C[C]1[C](C)[C](C)[C](C)[C]1C.C[C]1[C](C)[C](C)[C](C)[C]1C.O.O=S(=O)([O-])C(F)(F)F.[Cl][Ru+2].[Ru+3]. The smallest absolute Gasteiger partial charge is 3.00 e. The van der Waals surface area contributed by atoms with Gasteiger partial charge in [-0.2, -0.15) is 23.7 Å².